The number of cyclic esters (lactones) is 1. The first-order valence-electron chi connectivity index (χ1n) is 5.37. The number of carbonyl (C=O) groups is 2. The molecule has 5 heteroatoms. The molecule has 0 fully saturated rings. The zero-order chi connectivity index (χ0) is 13.0. The van der Waals surface area contributed by atoms with E-state index in [1.54, 1.807) is 24.3 Å². The summed E-state index contributed by atoms with van der Waals surface area (Å²) in [4.78, 5) is 26.3. The van der Waals surface area contributed by atoms with E-state index in [9.17, 15) is 9.59 Å². The number of ether oxygens (including phenoxy) is 2. The van der Waals surface area contributed by atoms with Crippen LogP contribution in [0.25, 0.3) is 0 Å². The number of carbonyl (C=O) groups excluding carboxylic acids is 2. The van der Waals surface area contributed by atoms with Gasteiger partial charge in [0.1, 0.15) is 6.61 Å². The molecule has 1 aliphatic heterocycles. The predicted octanol–water partition coefficient (Wildman–Crippen LogP) is 1.33. The highest BCUT2D eigenvalue weighted by molar-refractivity contribution is 6.16. The molecule has 1 aromatic rings. The molecule has 0 amide bonds. The second-order valence-corrected chi connectivity index (χ2v) is 3.49. The largest absolute Gasteiger partial charge is 0.461 e. The molecule has 92 valence electrons. The van der Waals surface area contributed by atoms with Gasteiger partial charge in [0.2, 0.25) is 5.90 Å². The summed E-state index contributed by atoms with van der Waals surface area (Å²) in [5.41, 5.74) is 1.16. The Bertz CT molecular complexity index is 534. The number of fused-ring (bicyclic) bond motifs is 1. The number of nitrogens with zero attached hydrogens (tertiary/aromatic N) is 1. The molecular weight excluding hydrogens is 234 g/mol. The topological polar surface area (TPSA) is 65.0 Å². The van der Waals surface area contributed by atoms with E-state index in [-0.39, 0.29) is 19.0 Å². The van der Waals surface area contributed by atoms with Crippen LogP contribution in [0, 0.1) is 0 Å². The van der Waals surface area contributed by atoms with Gasteiger partial charge in [-0.2, -0.15) is 0 Å². The van der Waals surface area contributed by atoms with E-state index in [0.29, 0.717) is 11.1 Å². The van der Waals surface area contributed by atoms with Crippen LogP contribution < -0.4 is 0 Å². The van der Waals surface area contributed by atoms with Crippen molar-refractivity contribution >= 4 is 17.8 Å². The summed E-state index contributed by atoms with van der Waals surface area (Å²) < 4.78 is 9.78. The summed E-state index contributed by atoms with van der Waals surface area (Å²) in [6, 6.07) is 7.00. The number of rotatable bonds is 4. The van der Waals surface area contributed by atoms with Gasteiger partial charge in [-0.25, -0.2) is 14.6 Å². The van der Waals surface area contributed by atoms with Crippen molar-refractivity contribution in [1.82, 2.24) is 0 Å². The van der Waals surface area contributed by atoms with E-state index in [1.165, 1.54) is 0 Å². The Morgan fingerprint density at radius 3 is 2.83 bits per heavy atom. The standard InChI is InChI=1S/C13H11NO4/c1-2-11(15)17-8-7-14-12-9-5-3-4-6-10(9)13(16)18-12/h2-6H,1,7-8H2. The first kappa shape index (κ1) is 12.0. The molecule has 0 N–H and O–H groups in total. The van der Waals surface area contributed by atoms with Crippen LogP contribution in [0.15, 0.2) is 41.9 Å². The molecule has 0 saturated heterocycles. The van der Waals surface area contributed by atoms with Crippen molar-refractivity contribution in [1.29, 1.82) is 0 Å². The molecular formula is C13H11NO4. The summed E-state index contributed by atoms with van der Waals surface area (Å²) in [5, 5.41) is 0. The van der Waals surface area contributed by atoms with Crippen molar-refractivity contribution in [2.24, 2.45) is 4.99 Å². The van der Waals surface area contributed by atoms with E-state index in [2.05, 4.69) is 11.6 Å². The minimum atomic E-state index is -0.501. The summed E-state index contributed by atoms with van der Waals surface area (Å²) in [7, 11) is 0. The fourth-order valence-corrected chi connectivity index (χ4v) is 1.52. The molecule has 1 heterocycles. The summed E-state index contributed by atoms with van der Waals surface area (Å²) >= 11 is 0. The van der Waals surface area contributed by atoms with Crippen molar-refractivity contribution in [2.45, 2.75) is 0 Å². The lowest BCUT2D eigenvalue weighted by atomic mass is 10.1. The molecule has 0 saturated carbocycles. The average Bonchev–Trinajstić information content (AvgIpc) is 2.72. The first-order valence-corrected chi connectivity index (χ1v) is 5.37. The van der Waals surface area contributed by atoms with E-state index in [4.69, 9.17) is 9.47 Å². The normalized spacial score (nSPS) is 15.1. The number of aliphatic imine (C=N–C) groups is 1. The maximum Gasteiger partial charge on any atom is 0.345 e. The van der Waals surface area contributed by atoms with Crippen LogP contribution in [0.4, 0.5) is 0 Å². The minimum absolute atomic E-state index is 0.119. The highest BCUT2D eigenvalue weighted by Gasteiger charge is 2.26. The molecule has 0 spiro atoms. The van der Waals surface area contributed by atoms with Crippen molar-refractivity contribution in [3.63, 3.8) is 0 Å². The monoisotopic (exact) mass is 245 g/mol. The third-order valence-corrected chi connectivity index (χ3v) is 2.32. The van der Waals surface area contributed by atoms with E-state index in [0.717, 1.165) is 6.08 Å². The zero-order valence-electron chi connectivity index (χ0n) is 9.59. The zero-order valence-corrected chi connectivity index (χ0v) is 9.59. The SMILES string of the molecule is C=CC(=O)OCCN=C1OC(=O)c2ccccc21. The van der Waals surface area contributed by atoms with Gasteiger partial charge in [0, 0.05) is 6.08 Å². The third kappa shape index (κ3) is 2.45. The van der Waals surface area contributed by atoms with E-state index >= 15 is 0 Å². The second-order valence-electron chi connectivity index (χ2n) is 3.49. The minimum Gasteiger partial charge on any atom is -0.461 e. The highest BCUT2D eigenvalue weighted by Crippen LogP contribution is 2.19. The Hall–Kier alpha value is -2.43. The highest BCUT2D eigenvalue weighted by atomic mass is 16.5. The van der Waals surface area contributed by atoms with Gasteiger partial charge in [-0.05, 0) is 12.1 Å². The van der Waals surface area contributed by atoms with Gasteiger partial charge in [-0.1, -0.05) is 18.7 Å². The molecule has 2 rings (SSSR count). The van der Waals surface area contributed by atoms with Gasteiger partial charge in [0.05, 0.1) is 17.7 Å². The van der Waals surface area contributed by atoms with Gasteiger partial charge in [-0.15, -0.1) is 0 Å². The molecule has 18 heavy (non-hydrogen) atoms. The fraction of sp³-hybridized carbons (Fsp3) is 0.154. The summed E-state index contributed by atoms with van der Waals surface area (Å²) in [6.07, 6.45) is 1.08. The number of benzene rings is 1. The van der Waals surface area contributed by atoms with Crippen LogP contribution in [0.3, 0.4) is 0 Å². The van der Waals surface area contributed by atoms with E-state index < -0.39 is 11.9 Å². The smallest absolute Gasteiger partial charge is 0.345 e. The fourth-order valence-electron chi connectivity index (χ4n) is 1.52. The predicted molar refractivity (Wildman–Crippen MR) is 64.4 cm³/mol. The van der Waals surface area contributed by atoms with Crippen LogP contribution in [0.1, 0.15) is 15.9 Å². The molecule has 5 nitrogen and oxygen atoms in total. The lowest BCUT2D eigenvalue weighted by Gasteiger charge is -1.99. The van der Waals surface area contributed by atoms with Crippen LogP contribution in [-0.4, -0.2) is 31.0 Å². The molecule has 0 aliphatic carbocycles. The molecule has 0 bridgehead atoms. The molecule has 1 aromatic carbocycles. The van der Waals surface area contributed by atoms with Crippen molar-refractivity contribution < 1.29 is 19.1 Å². The number of hydrogen-bond donors (Lipinski definition) is 0. The Balaban J connectivity index is 2.01. The van der Waals surface area contributed by atoms with Gasteiger partial charge in [0.25, 0.3) is 0 Å². The van der Waals surface area contributed by atoms with Gasteiger partial charge >= 0.3 is 11.9 Å². The lowest BCUT2D eigenvalue weighted by molar-refractivity contribution is -0.137. The summed E-state index contributed by atoms with van der Waals surface area (Å²) in [5.74, 6) is -0.642. The van der Waals surface area contributed by atoms with Gasteiger partial charge in [0.15, 0.2) is 0 Å². The van der Waals surface area contributed by atoms with Gasteiger partial charge < -0.3 is 9.47 Å². The maximum absolute atomic E-state index is 11.5. The van der Waals surface area contributed by atoms with Crippen molar-refractivity contribution in [2.75, 3.05) is 13.2 Å². The van der Waals surface area contributed by atoms with Crippen molar-refractivity contribution in [3.8, 4) is 0 Å². The summed E-state index contributed by atoms with van der Waals surface area (Å²) in [6.45, 7) is 3.63. The quantitative estimate of drug-likeness (QED) is 0.456. The average molecular weight is 245 g/mol. The van der Waals surface area contributed by atoms with E-state index in [1.807, 2.05) is 0 Å². The first-order chi connectivity index (χ1) is 8.72. The maximum atomic E-state index is 11.5. The van der Waals surface area contributed by atoms with Crippen molar-refractivity contribution in [3.05, 3.63) is 48.0 Å². The molecule has 0 unspecified atom stereocenters. The number of esters is 2. The number of hydrogen-bond acceptors (Lipinski definition) is 5. The third-order valence-electron chi connectivity index (χ3n) is 2.32. The van der Waals surface area contributed by atoms with Gasteiger partial charge in [-0.3, -0.25) is 0 Å². The molecule has 0 aromatic heterocycles. The molecule has 1 aliphatic rings. The van der Waals surface area contributed by atoms with Crippen LogP contribution in [0.2, 0.25) is 0 Å². The Morgan fingerprint density at radius 1 is 1.39 bits per heavy atom. The molecule has 0 atom stereocenters. The molecule has 0 radical (unpaired) electrons. The lowest BCUT2D eigenvalue weighted by Crippen LogP contribution is -2.07. The Morgan fingerprint density at radius 2 is 2.11 bits per heavy atom. The van der Waals surface area contributed by atoms with Crippen LogP contribution >= 0.6 is 0 Å². The second kappa shape index (κ2) is 5.27. The van der Waals surface area contributed by atoms with Crippen LogP contribution in [-0.2, 0) is 14.3 Å². The Kier molecular flexibility index (Phi) is 3.52. The van der Waals surface area contributed by atoms with Crippen LogP contribution in [0.5, 0.6) is 0 Å². The Labute approximate surface area is 104 Å².